The molecule has 0 spiro atoms. The van der Waals surface area contributed by atoms with Crippen LogP contribution in [-0.2, 0) is 21.3 Å². The molecule has 0 atom stereocenters. The second-order valence-electron chi connectivity index (χ2n) is 4.71. The Hall–Kier alpha value is -0.950. The van der Waals surface area contributed by atoms with Crippen LogP contribution in [0.5, 0.6) is 0 Å². The average Bonchev–Trinajstić information content (AvgIpc) is 2.47. The number of nitrogens with zero attached hydrogens (tertiary/aromatic N) is 1. The third kappa shape index (κ3) is 3.14. The molecular formula is C13H20N2O3S. The Labute approximate surface area is 114 Å². The summed E-state index contributed by atoms with van der Waals surface area (Å²) in [7, 11) is -1.79. The van der Waals surface area contributed by atoms with Gasteiger partial charge >= 0.3 is 0 Å². The average molecular weight is 284 g/mol. The smallest absolute Gasteiger partial charge is 0.243 e. The minimum atomic E-state index is -3.43. The van der Waals surface area contributed by atoms with Crippen molar-refractivity contribution in [3.05, 3.63) is 29.8 Å². The first-order valence-electron chi connectivity index (χ1n) is 6.40. The summed E-state index contributed by atoms with van der Waals surface area (Å²) in [5.41, 5.74) is 6.44. The summed E-state index contributed by atoms with van der Waals surface area (Å²) in [4.78, 5) is 0.318. The summed E-state index contributed by atoms with van der Waals surface area (Å²) in [6.07, 6.45) is 1.49. The van der Waals surface area contributed by atoms with E-state index in [1.165, 1.54) is 4.31 Å². The summed E-state index contributed by atoms with van der Waals surface area (Å²) < 4.78 is 31.7. The zero-order chi connectivity index (χ0) is 13.9. The minimum Gasteiger partial charge on any atom is -0.381 e. The fraction of sp³-hybridized carbons (Fsp3) is 0.538. The molecule has 19 heavy (non-hydrogen) atoms. The number of hydrogen-bond acceptors (Lipinski definition) is 4. The van der Waals surface area contributed by atoms with Crippen LogP contribution in [0.3, 0.4) is 0 Å². The molecule has 6 heteroatoms. The van der Waals surface area contributed by atoms with Crippen LogP contribution in [0.25, 0.3) is 0 Å². The van der Waals surface area contributed by atoms with E-state index in [0.717, 1.165) is 18.4 Å². The molecule has 1 saturated heterocycles. The molecule has 1 aromatic rings. The number of ether oxygens (including phenoxy) is 1. The molecule has 5 nitrogen and oxygen atoms in total. The van der Waals surface area contributed by atoms with Gasteiger partial charge in [0.15, 0.2) is 0 Å². The maximum atomic E-state index is 12.5. The fourth-order valence-corrected chi connectivity index (χ4v) is 3.62. The largest absolute Gasteiger partial charge is 0.381 e. The van der Waals surface area contributed by atoms with Crippen molar-refractivity contribution < 1.29 is 13.2 Å². The van der Waals surface area contributed by atoms with E-state index in [9.17, 15) is 8.42 Å². The quantitative estimate of drug-likeness (QED) is 0.893. The number of hydrogen-bond donors (Lipinski definition) is 1. The maximum absolute atomic E-state index is 12.5. The van der Waals surface area contributed by atoms with E-state index in [1.807, 2.05) is 0 Å². The minimum absolute atomic E-state index is 0.0212. The fourth-order valence-electron chi connectivity index (χ4n) is 2.21. The highest BCUT2D eigenvalue weighted by molar-refractivity contribution is 7.89. The number of sulfonamides is 1. The van der Waals surface area contributed by atoms with Gasteiger partial charge in [-0.05, 0) is 30.5 Å². The highest BCUT2D eigenvalue weighted by atomic mass is 32.2. The first-order valence-corrected chi connectivity index (χ1v) is 7.84. The van der Waals surface area contributed by atoms with Crippen LogP contribution in [0, 0.1) is 0 Å². The van der Waals surface area contributed by atoms with E-state index in [4.69, 9.17) is 10.5 Å². The van der Waals surface area contributed by atoms with Crippen molar-refractivity contribution in [2.45, 2.75) is 30.3 Å². The van der Waals surface area contributed by atoms with Gasteiger partial charge in [-0.1, -0.05) is 12.1 Å². The van der Waals surface area contributed by atoms with Crippen LogP contribution in [0.2, 0.25) is 0 Å². The van der Waals surface area contributed by atoms with Crippen molar-refractivity contribution in [3.8, 4) is 0 Å². The van der Waals surface area contributed by atoms with Crippen molar-refractivity contribution in [2.75, 3.05) is 20.3 Å². The predicted molar refractivity (Wildman–Crippen MR) is 73.1 cm³/mol. The Morgan fingerprint density at radius 1 is 1.26 bits per heavy atom. The molecular weight excluding hydrogens is 264 g/mol. The molecule has 1 heterocycles. The molecule has 0 aliphatic carbocycles. The van der Waals surface area contributed by atoms with E-state index in [1.54, 1.807) is 31.3 Å². The second kappa shape index (κ2) is 6.00. The van der Waals surface area contributed by atoms with E-state index >= 15 is 0 Å². The van der Waals surface area contributed by atoms with Gasteiger partial charge in [-0.2, -0.15) is 4.31 Å². The Balaban J connectivity index is 2.19. The van der Waals surface area contributed by atoms with Crippen molar-refractivity contribution >= 4 is 10.0 Å². The Morgan fingerprint density at radius 2 is 1.84 bits per heavy atom. The Kier molecular flexibility index (Phi) is 4.57. The predicted octanol–water partition coefficient (Wildman–Crippen LogP) is 0.945. The van der Waals surface area contributed by atoms with Crippen molar-refractivity contribution in [3.63, 3.8) is 0 Å². The van der Waals surface area contributed by atoms with E-state index < -0.39 is 10.0 Å². The Bertz CT molecular complexity index is 507. The van der Waals surface area contributed by atoms with E-state index in [-0.39, 0.29) is 6.04 Å². The first-order chi connectivity index (χ1) is 9.05. The Morgan fingerprint density at radius 3 is 2.37 bits per heavy atom. The van der Waals surface area contributed by atoms with Gasteiger partial charge in [-0.15, -0.1) is 0 Å². The van der Waals surface area contributed by atoms with Crippen molar-refractivity contribution in [1.29, 1.82) is 0 Å². The summed E-state index contributed by atoms with van der Waals surface area (Å²) in [6.45, 7) is 1.66. The molecule has 0 bridgehead atoms. The standard InChI is InChI=1S/C13H20N2O3S/c1-15(12-6-8-18-9-7-12)19(16,17)13-4-2-11(10-14)3-5-13/h2-5,12H,6-10,14H2,1H3. The highest BCUT2D eigenvalue weighted by Gasteiger charge is 2.29. The summed E-state index contributed by atoms with van der Waals surface area (Å²) in [6, 6.07) is 6.77. The van der Waals surface area contributed by atoms with Gasteiger partial charge in [-0.3, -0.25) is 0 Å². The molecule has 2 N–H and O–H groups in total. The summed E-state index contributed by atoms with van der Waals surface area (Å²) in [5.74, 6) is 0. The van der Waals surface area contributed by atoms with Crippen LogP contribution in [-0.4, -0.2) is 39.0 Å². The van der Waals surface area contributed by atoms with Crippen LogP contribution in [0.1, 0.15) is 18.4 Å². The number of nitrogens with two attached hydrogens (primary N) is 1. The van der Waals surface area contributed by atoms with Gasteiger partial charge in [0, 0.05) is 32.8 Å². The van der Waals surface area contributed by atoms with Crippen molar-refractivity contribution in [2.24, 2.45) is 5.73 Å². The van der Waals surface area contributed by atoms with E-state index in [2.05, 4.69) is 0 Å². The van der Waals surface area contributed by atoms with Gasteiger partial charge in [0.25, 0.3) is 0 Å². The third-order valence-electron chi connectivity index (χ3n) is 3.54. The lowest BCUT2D eigenvalue weighted by molar-refractivity contribution is 0.0632. The zero-order valence-corrected chi connectivity index (χ0v) is 11.9. The maximum Gasteiger partial charge on any atom is 0.243 e. The monoisotopic (exact) mass is 284 g/mol. The van der Waals surface area contributed by atoms with Crippen molar-refractivity contribution in [1.82, 2.24) is 4.31 Å². The van der Waals surface area contributed by atoms with Gasteiger partial charge < -0.3 is 10.5 Å². The van der Waals surface area contributed by atoms with Gasteiger partial charge in [0.05, 0.1) is 4.90 Å². The topological polar surface area (TPSA) is 72.6 Å². The SMILES string of the molecule is CN(C1CCOCC1)S(=O)(=O)c1ccc(CN)cc1. The molecule has 106 valence electrons. The van der Waals surface area contributed by atoms with Crippen LogP contribution >= 0.6 is 0 Å². The number of benzene rings is 1. The molecule has 1 aliphatic heterocycles. The third-order valence-corrected chi connectivity index (χ3v) is 5.47. The van der Waals surface area contributed by atoms with Gasteiger partial charge in [0.1, 0.15) is 0 Å². The zero-order valence-electron chi connectivity index (χ0n) is 11.1. The summed E-state index contributed by atoms with van der Waals surface area (Å²) >= 11 is 0. The first kappa shape index (κ1) is 14.5. The molecule has 1 fully saturated rings. The second-order valence-corrected chi connectivity index (χ2v) is 6.71. The summed E-state index contributed by atoms with van der Waals surface area (Å²) in [5, 5.41) is 0. The molecule has 0 amide bonds. The highest BCUT2D eigenvalue weighted by Crippen LogP contribution is 2.22. The normalized spacial score (nSPS) is 17.8. The molecule has 2 rings (SSSR count). The molecule has 0 aromatic heterocycles. The molecule has 0 radical (unpaired) electrons. The lowest BCUT2D eigenvalue weighted by Crippen LogP contribution is -2.40. The molecule has 1 aliphatic rings. The van der Waals surface area contributed by atoms with Crippen LogP contribution in [0.4, 0.5) is 0 Å². The molecule has 1 aromatic carbocycles. The van der Waals surface area contributed by atoms with Gasteiger partial charge in [-0.25, -0.2) is 8.42 Å². The molecule has 0 saturated carbocycles. The van der Waals surface area contributed by atoms with Crippen LogP contribution < -0.4 is 5.73 Å². The molecule has 0 unspecified atom stereocenters. The van der Waals surface area contributed by atoms with E-state index in [0.29, 0.717) is 24.7 Å². The lowest BCUT2D eigenvalue weighted by Gasteiger charge is -2.30. The van der Waals surface area contributed by atoms with Gasteiger partial charge in [0.2, 0.25) is 10.0 Å². The van der Waals surface area contributed by atoms with Crippen LogP contribution in [0.15, 0.2) is 29.2 Å². The lowest BCUT2D eigenvalue weighted by atomic mass is 10.1. The number of rotatable bonds is 4.